The van der Waals surface area contributed by atoms with Crippen LogP contribution in [0.1, 0.15) is 22.7 Å². The highest BCUT2D eigenvalue weighted by Crippen LogP contribution is 2.37. The molecular formula is C26H30N2O3. The molecule has 1 heterocycles. The van der Waals surface area contributed by atoms with Crippen molar-refractivity contribution in [3.63, 3.8) is 0 Å². The summed E-state index contributed by atoms with van der Waals surface area (Å²) >= 11 is 0. The molecule has 0 saturated carbocycles. The lowest BCUT2D eigenvalue weighted by molar-refractivity contribution is 0.105. The first-order chi connectivity index (χ1) is 15.2. The second kappa shape index (κ2) is 9.86. The molecule has 0 aliphatic carbocycles. The molecule has 1 saturated heterocycles. The molecule has 0 bridgehead atoms. The zero-order valence-corrected chi connectivity index (χ0v) is 18.2. The first-order valence-electron chi connectivity index (χ1n) is 10.7. The molecule has 1 aliphatic heterocycles. The molecule has 1 aliphatic rings. The van der Waals surface area contributed by atoms with E-state index in [0.29, 0.717) is 11.5 Å². The highest BCUT2D eigenvalue weighted by atomic mass is 16.5. The monoisotopic (exact) mass is 418 g/mol. The third-order valence-corrected chi connectivity index (χ3v) is 5.95. The molecule has 162 valence electrons. The lowest BCUT2D eigenvalue weighted by atomic mass is 9.96. The van der Waals surface area contributed by atoms with E-state index in [4.69, 9.17) is 9.47 Å². The second-order valence-corrected chi connectivity index (χ2v) is 7.88. The van der Waals surface area contributed by atoms with Crippen LogP contribution in [0.4, 0.5) is 0 Å². The number of hydrogen-bond donors (Lipinski definition) is 1. The van der Waals surface area contributed by atoms with Gasteiger partial charge < -0.3 is 14.6 Å². The Balaban J connectivity index is 1.47. The van der Waals surface area contributed by atoms with Gasteiger partial charge in [0.15, 0.2) is 11.5 Å². The average Bonchev–Trinajstić information content (AvgIpc) is 2.83. The van der Waals surface area contributed by atoms with Crippen LogP contribution in [0.5, 0.6) is 17.2 Å². The minimum atomic E-state index is 0.0483. The molecule has 0 unspecified atom stereocenters. The van der Waals surface area contributed by atoms with Crippen LogP contribution in [0.25, 0.3) is 0 Å². The molecule has 3 aromatic rings. The number of aromatic hydroxyl groups is 1. The van der Waals surface area contributed by atoms with Gasteiger partial charge in [0.1, 0.15) is 0 Å². The van der Waals surface area contributed by atoms with E-state index >= 15 is 0 Å². The van der Waals surface area contributed by atoms with Gasteiger partial charge in [-0.2, -0.15) is 0 Å². The number of benzene rings is 3. The van der Waals surface area contributed by atoms with E-state index in [9.17, 15) is 5.11 Å². The molecule has 0 atom stereocenters. The fraction of sp³-hybridized carbons (Fsp3) is 0.308. The van der Waals surface area contributed by atoms with Gasteiger partial charge in [-0.05, 0) is 28.8 Å². The number of piperazine rings is 1. The predicted octanol–water partition coefficient (Wildman–Crippen LogP) is 4.32. The van der Waals surface area contributed by atoms with E-state index in [-0.39, 0.29) is 11.8 Å². The molecule has 0 spiro atoms. The molecule has 3 aromatic carbocycles. The highest BCUT2D eigenvalue weighted by Gasteiger charge is 2.26. The van der Waals surface area contributed by atoms with Gasteiger partial charge in [-0.3, -0.25) is 9.80 Å². The van der Waals surface area contributed by atoms with Crippen molar-refractivity contribution in [3.05, 3.63) is 89.5 Å². The van der Waals surface area contributed by atoms with E-state index in [1.165, 1.54) is 11.1 Å². The van der Waals surface area contributed by atoms with Crippen molar-refractivity contribution in [2.45, 2.75) is 12.6 Å². The maximum atomic E-state index is 10.2. The third-order valence-electron chi connectivity index (χ3n) is 5.95. The summed E-state index contributed by atoms with van der Waals surface area (Å²) in [6.07, 6.45) is 0. The Hall–Kier alpha value is -3.02. The number of hydrogen-bond acceptors (Lipinski definition) is 5. The Labute approximate surface area is 184 Å². The first kappa shape index (κ1) is 21.2. The number of phenols is 1. The summed E-state index contributed by atoms with van der Waals surface area (Å²) in [6, 6.07) is 25.5. The highest BCUT2D eigenvalue weighted by molar-refractivity contribution is 5.52. The summed E-state index contributed by atoms with van der Waals surface area (Å²) in [6.45, 7) is 4.72. The fourth-order valence-electron chi connectivity index (χ4n) is 4.36. The summed E-state index contributed by atoms with van der Waals surface area (Å²) in [7, 11) is 3.12. The predicted molar refractivity (Wildman–Crippen MR) is 123 cm³/mol. The van der Waals surface area contributed by atoms with Gasteiger partial charge >= 0.3 is 0 Å². The van der Waals surface area contributed by atoms with E-state index in [1.54, 1.807) is 14.2 Å². The average molecular weight is 419 g/mol. The lowest BCUT2D eigenvalue weighted by Crippen LogP contribution is -2.47. The Morgan fingerprint density at radius 3 is 1.71 bits per heavy atom. The summed E-state index contributed by atoms with van der Waals surface area (Å²) in [5, 5.41) is 10.2. The van der Waals surface area contributed by atoms with Gasteiger partial charge in [-0.1, -0.05) is 60.7 Å². The summed E-state index contributed by atoms with van der Waals surface area (Å²) in [5.41, 5.74) is 3.73. The van der Waals surface area contributed by atoms with Crippen molar-refractivity contribution in [1.82, 2.24) is 9.80 Å². The quantitative estimate of drug-likeness (QED) is 0.619. The van der Waals surface area contributed by atoms with Crippen LogP contribution in [-0.2, 0) is 6.54 Å². The van der Waals surface area contributed by atoms with Crippen LogP contribution in [0.15, 0.2) is 72.8 Å². The number of rotatable bonds is 7. The molecule has 31 heavy (non-hydrogen) atoms. The SMILES string of the molecule is COc1cc(CN2CCN(C(c3ccccc3)c3ccccc3)CC2)cc(OC)c1O. The Kier molecular flexibility index (Phi) is 6.75. The fourth-order valence-corrected chi connectivity index (χ4v) is 4.36. The standard InChI is InChI=1S/C26H30N2O3/c1-30-23-17-20(18-24(31-2)26(23)29)19-27-13-15-28(16-14-27)25(21-9-5-3-6-10-21)22-11-7-4-8-12-22/h3-12,17-18,25,29H,13-16,19H2,1-2H3. The number of methoxy groups -OCH3 is 2. The lowest BCUT2D eigenvalue weighted by Gasteiger charge is -2.40. The van der Waals surface area contributed by atoms with Crippen LogP contribution in [0.3, 0.4) is 0 Å². The van der Waals surface area contributed by atoms with E-state index in [2.05, 4.69) is 70.5 Å². The minimum Gasteiger partial charge on any atom is -0.502 e. The Morgan fingerprint density at radius 1 is 0.774 bits per heavy atom. The molecule has 1 fully saturated rings. The van der Waals surface area contributed by atoms with E-state index < -0.39 is 0 Å². The van der Waals surface area contributed by atoms with Crippen molar-refractivity contribution >= 4 is 0 Å². The zero-order chi connectivity index (χ0) is 21.6. The Morgan fingerprint density at radius 2 is 1.26 bits per heavy atom. The van der Waals surface area contributed by atoms with Gasteiger partial charge in [-0.25, -0.2) is 0 Å². The maximum Gasteiger partial charge on any atom is 0.200 e. The molecular weight excluding hydrogens is 388 g/mol. The van der Waals surface area contributed by atoms with Crippen LogP contribution in [0, 0.1) is 0 Å². The summed E-state index contributed by atoms with van der Waals surface area (Å²) in [5.74, 6) is 0.939. The number of nitrogens with zero attached hydrogens (tertiary/aromatic N) is 2. The van der Waals surface area contributed by atoms with Gasteiger partial charge in [0.25, 0.3) is 0 Å². The van der Waals surface area contributed by atoms with E-state index in [0.717, 1.165) is 38.3 Å². The van der Waals surface area contributed by atoms with Gasteiger partial charge in [0.2, 0.25) is 5.75 Å². The molecule has 0 amide bonds. The summed E-state index contributed by atoms with van der Waals surface area (Å²) < 4.78 is 10.6. The smallest absolute Gasteiger partial charge is 0.200 e. The Bertz CT molecular complexity index is 906. The number of ether oxygens (including phenoxy) is 2. The largest absolute Gasteiger partial charge is 0.502 e. The maximum absolute atomic E-state index is 10.2. The topological polar surface area (TPSA) is 45.2 Å². The first-order valence-corrected chi connectivity index (χ1v) is 10.7. The minimum absolute atomic E-state index is 0.0483. The van der Waals surface area contributed by atoms with Crippen molar-refractivity contribution in [2.24, 2.45) is 0 Å². The molecule has 0 radical (unpaired) electrons. The van der Waals surface area contributed by atoms with Crippen molar-refractivity contribution in [3.8, 4) is 17.2 Å². The molecule has 0 aromatic heterocycles. The van der Waals surface area contributed by atoms with Crippen LogP contribution in [0.2, 0.25) is 0 Å². The van der Waals surface area contributed by atoms with E-state index in [1.807, 2.05) is 12.1 Å². The van der Waals surface area contributed by atoms with Crippen molar-refractivity contribution < 1.29 is 14.6 Å². The molecule has 1 N–H and O–H groups in total. The van der Waals surface area contributed by atoms with Crippen LogP contribution < -0.4 is 9.47 Å². The van der Waals surface area contributed by atoms with Crippen LogP contribution in [-0.4, -0.2) is 55.3 Å². The normalized spacial score (nSPS) is 15.2. The number of phenolic OH excluding ortho intramolecular Hbond substituents is 1. The molecule has 4 rings (SSSR count). The van der Waals surface area contributed by atoms with Crippen LogP contribution >= 0.6 is 0 Å². The summed E-state index contributed by atoms with van der Waals surface area (Å²) in [4.78, 5) is 5.01. The second-order valence-electron chi connectivity index (χ2n) is 7.88. The van der Waals surface area contributed by atoms with Crippen molar-refractivity contribution in [2.75, 3.05) is 40.4 Å². The van der Waals surface area contributed by atoms with Gasteiger partial charge in [0.05, 0.1) is 20.3 Å². The van der Waals surface area contributed by atoms with Gasteiger partial charge in [0, 0.05) is 32.7 Å². The molecule has 5 nitrogen and oxygen atoms in total. The molecule has 5 heteroatoms. The van der Waals surface area contributed by atoms with Crippen molar-refractivity contribution in [1.29, 1.82) is 0 Å². The third kappa shape index (κ3) is 4.84. The van der Waals surface area contributed by atoms with Gasteiger partial charge in [-0.15, -0.1) is 0 Å². The zero-order valence-electron chi connectivity index (χ0n) is 18.2.